The van der Waals surface area contributed by atoms with Gasteiger partial charge in [-0.2, -0.15) is 0 Å². The minimum Gasteiger partial charge on any atom is -0.425 e. The number of ketones is 2. The van der Waals surface area contributed by atoms with Crippen molar-refractivity contribution in [2.24, 2.45) is 10.8 Å². The molecule has 3 aromatic carbocycles. The van der Waals surface area contributed by atoms with Crippen LogP contribution >= 0.6 is 15.9 Å². The first-order valence-corrected chi connectivity index (χ1v) is 11.0. The summed E-state index contributed by atoms with van der Waals surface area (Å²) in [5, 5.41) is 0. The average molecular weight is 475 g/mol. The van der Waals surface area contributed by atoms with Crippen molar-refractivity contribution in [1.82, 2.24) is 0 Å². The summed E-state index contributed by atoms with van der Waals surface area (Å²) in [4.78, 5) is 41.4. The maximum Gasteiger partial charge on any atom is 0.327 e. The predicted molar refractivity (Wildman–Crippen MR) is 119 cm³/mol. The number of carbonyl (C=O) groups is 3. The van der Waals surface area contributed by atoms with Crippen molar-refractivity contribution >= 4 is 33.5 Å². The smallest absolute Gasteiger partial charge is 0.327 e. The Bertz CT molecular complexity index is 1220. The van der Waals surface area contributed by atoms with Crippen molar-refractivity contribution in [3.63, 3.8) is 0 Å². The third-order valence-electron chi connectivity index (χ3n) is 6.75. The lowest BCUT2D eigenvalue weighted by atomic mass is 9.79. The molecule has 0 spiro atoms. The highest BCUT2D eigenvalue weighted by Crippen LogP contribution is 2.80. The first kappa shape index (κ1) is 19.9. The number of hydrogen-bond acceptors (Lipinski definition) is 4. The van der Waals surface area contributed by atoms with Gasteiger partial charge < -0.3 is 4.74 Å². The largest absolute Gasteiger partial charge is 0.425 e. The minimum atomic E-state index is -1.58. The lowest BCUT2D eigenvalue weighted by molar-refractivity contribution is -0.140. The number of hydrogen-bond donors (Lipinski definition) is 0. The maximum absolute atomic E-state index is 13.9. The number of rotatable bonds is 5. The van der Waals surface area contributed by atoms with Crippen LogP contribution in [0.15, 0.2) is 83.3 Å². The first-order chi connectivity index (χ1) is 15.0. The zero-order chi connectivity index (χ0) is 21.8. The number of Topliss-reactive ketones (excluding diaryl/α,β-unsaturated/α-hetero) is 2. The number of halogens is 1. The molecule has 0 aromatic heterocycles. The Morgan fingerprint density at radius 3 is 2.06 bits per heavy atom. The Balaban J connectivity index is 1.77. The summed E-state index contributed by atoms with van der Waals surface area (Å²) >= 11 is 3.48. The summed E-state index contributed by atoms with van der Waals surface area (Å²) in [7, 11) is 0. The van der Waals surface area contributed by atoms with Crippen LogP contribution in [0.25, 0.3) is 0 Å². The molecule has 3 unspecified atom stereocenters. The van der Waals surface area contributed by atoms with Gasteiger partial charge in [-0.25, -0.2) is 0 Å². The monoisotopic (exact) mass is 474 g/mol. The summed E-state index contributed by atoms with van der Waals surface area (Å²) in [5.74, 6) is -1.38. The molecule has 2 aliphatic rings. The van der Waals surface area contributed by atoms with Crippen LogP contribution in [0.3, 0.4) is 0 Å². The Morgan fingerprint density at radius 2 is 1.48 bits per heavy atom. The number of esters is 1. The van der Waals surface area contributed by atoms with Crippen molar-refractivity contribution in [2.45, 2.75) is 19.3 Å². The van der Waals surface area contributed by atoms with E-state index in [1.165, 1.54) is 0 Å². The second-order valence-electron chi connectivity index (χ2n) is 8.03. The van der Waals surface area contributed by atoms with Crippen LogP contribution in [0.1, 0.15) is 45.5 Å². The predicted octanol–water partition coefficient (Wildman–Crippen LogP) is 5.61. The van der Waals surface area contributed by atoms with Crippen molar-refractivity contribution in [3.05, 3.63) is 100 Å². The van der Waals surface area contributed by atoms with Crippen LogP contribution in [0, 0.1) is 10.8 Å². The molecular formula is C26H19BrO4. The van der Waals surface area contributed by atoms with Crippen molar-refractivity contribution < 1.29 is 19.1 Å². The van der Waals surface area contributed by atoms with E-state index in [1.807, 2.05) is 25.1 Å². The van der Waals surface area contributed by atoms with Crippen LogP contribution in [0.5, 0.6) is 5.75 Å². The number of ether oxygens (including phenoxy) is 1. The molecule has 1 saturated carbocycles. The molecule has 31 heavy (non-hydrogen) atoms. The molecule has 1 aliphatic carbocycles. The molecule has 3 aromatic rings. The zero-order valence-electron chi connectivity index (χ0n) is 16.8. The van der Waals surface area contributed by atoms with E-state index in [9.17, 15) is 14.4 Å². The van der Waals surface area contributed by atoms with Gasteiger partial charge in [0.25, 0.3) is 0 Å². The lowest BCUT2D eigenvalue weighted by Crippen LogP contribution is -2.39. The summed E-state index contributed by atoms with van der Waals surface area (Å²) in [5.41, 5.74) is -1.18. The molecule has 3 atom stereocenters. The van der Waals surface area contributed by atoms with Crippen molar-refractivity contribution in [3.8, 4) is 5.75 Å². The molecule has 0 radical (unpaired) electrons. The Hall–Kier alpha value is -3.05. The van der Waals surface area contributed by atoms with Crippen LogP contribution in [-0.2, 0) is 4.79 Å². The second-order valence-corrected chi connectivity index (χ2v) is 8.94. The molecule has 5 rings (SSSR count). The van der Waals surface area contributed by atoms with Gasteiger partial charge in [0.1, 0.15) is 5.75 Å². The maximum atomic E-state index is 13.9. The Labute approximate surface area is 188 Å². The molecule has 1 aliphatic heterocycles. The van der Waals surface area contributed by atoms with Crippen LogP contribution in [0.4, 0.5) is 0 Å². The van der Waals surface area contributed by atoms with Crippen LogP contribution in [0.2, 0.25) is 0 Å². The summed E-state index contributed by atoms with van der Waals surface area (Å²) in [6, 6.07) is 22.9. The van der Waals surface area contributed by atoms with Gasteiger partial charge >= 0.3 is 5.97 Å². The number of fused-ring (bicyclic) bond motifs is 3. The highest BCUT2D eigenvalue weighted by molar-refractivity contribution is 9.10. The normalized spacial score (nSPS) is 25.7. The van der Waals surface area contributed by atoms with E-state index in [-0.39, 0.29) is 11.6 Å². The topological polar surface area (TPSA) is 60.4 Å². The minimum absolute atomic E-state index is 0.199. The van der Waals surface area contributed by atoms with Gasteiger partial charge in [-0.1, -0.05) is 83.5 Å². The van der Waals surface area contributed by atoms with Crippen molar-refractivity contribution in [1.29, 1.82) is 0 Å². The summed E-state index contributed by atoms with van der Waals surface area (Å²) in [6.07, 6.45) is 0.338. The fraction of sp³-hybridized carbons (Fsp3) is 0.192. The molecule has 154 valence electrons. The lowest BCUT2D eigenvalue weighted by Gasteiger charge is -2.23. The number of carbonyl (C=O) groups excluding carboxylic acids is 3. The number of benzene rings is 3. The van der Waals surface area contributed by atoms with Gasteiger partial charge in [0.05, 0.1) is 5.41 Å². The first-order valence-electron chi connectivity index (χ1n) is 10.2. The molecule has 0 bridgehead atoms. The molecule has 0 saturated heterocycles. The van der Waals surface area contributed by atoms with Gasteiger partial charge in [-0.15, -0.1) is 0 Å². The van der Waals surface area contributed by atoms with E-state index in [0.717, 1.165) is 4.47 Å². The van der Waals surface area contributed by atoms with Crippen LogP contribution < -0.4 is 4.74 Å². The quantitative estimate of drug-likeness (QED) is 0.208. The fourth-order valence-electron chi connectivity index (χ4n) is 5.40. The third kappa shape index (κ3) is 2.50. The molecule has 1 fully saturated rings. The van der Waals surface area contributed by atoms with Gasteiger partial charge in [0.2, 0.25) is 0 Å². The molecule has 5 heteroatoms. The van der Waals surface area contributed by atoms with E-state index in [0.29, 0.717) is 28.9 Å². The average Bonchev–Trinajstić information content (AvgIpc) is 3.46. The molecule has 4 nitrogen and oxygen atoms in total. The molecule has 0 N–H and O–H groups in total. The third-order valence-corrected chi connectivity index (χ3v) is 7.24. The standard InChI is InChI=1S/C26H19BrO4/c1-2-25(22(28)16-9-5-3-6-10-16)21-19-15-18(27)13-14-20(19)31-24(30)26(21,25)23(29)17-11-7-4-8-12-17/h3-15,21H,2H2,1H3. The highest BCUT2D eigenvalue weighted by Gasteiger charge is 2.88. The molecule has 0 amide bonds. The molecular weight excluding hydrogens is 456 g/mol. The van der Waals surface area contributed by atoms with Gasteiger partial charge in [-0.3, -0.25) is 14.4 Å². The second kappa shape index (κ2) is 6.99. The Kier molecular flexibility index (Phi) is 4.48. The molecule has 1 heterocycles. The van der Waals surface area contributed by atoms with Gasteiger partial charge in [-0.05, 0) is 24.6 Å². The SMILES string of the molecule is CCC1(C(=O)c2ccccc2)C2c3cc(Br)ccc3OC(=O)C21C(=O)c1ccccc1. The fourth-order valence-corrected chi connectivity index (χ4v) is 5.77. The summed E-state index contributed by atoms with van der Waals surface area (Å²) in [6.45, 7) is 1.87. The van der Waals surface area contributed by atoms with E-state index in [4.69, 9.17) is 4.74 Å². The zero-order valence-corrected chi connectivity index (χ0v) is 18.4. The van der Waals surface area contributed by atoms with Gasteiger partial charge in [0, 0.05) is 27.1 Å². The highest BCUT2D eigenvalue weighted by atomic mass is 79.9. The van der Waals surface area contributed by atoms with Gasteiger partial charge in [0.15, 0.2) is 17.0 Å². The van der Waals surface area contributed by atoms with E-state index >= 15 is 0 Å². The van der Waals surface area contributed by atoms with E-state index in [1.54, 1.807) is 60.7 Å². The van der Waals surface area contributed by atoms with E-state index < -0.39 is 22.7 Å². The summed E-state index contributed by atoms with van der Waals surface area (Å²) < 4.78 is 6.50. The van der Waals surface area contributed by atoms with Crippen LogP contribution in [-0.4, -0.2) is 17.5 Å². The van der Waals surface area contributed by atoms with Crippen molar-refractivity contribution in [2.75, 3.05) is 0 Å². The Morgan fingerprint density at radius 1 is 0.903 bits per heavy atom. The van der Waals surface area contributed by atoms with E-state index in [2.05, 4.69) is 15.9 Å².